The zero-order valence-corrected chi connectivity index (χ0v) is 12.5. The maximum Gasteiger partial charge on any atom is 0.342 e. The first-order valence-electron chi connectivity index (χ1n) is 7.12. The van der Waals surface area contributed by atoms with Gasteiger partial charge in [0.15, 0.2) is 0 Å². The summed E-state index contributed by atoms with van der Waals surface area (Å²) in [5, 5.41) is 9.65. The summed E-state index contributed by atoms with van der Waals surface area (Å²) in [6.07, 6.45) is 0. The Morgan fingerprint density at radius 3 is 2.57 bits per heavy atom. The van der Waals surface area contributed by atoms with Gasteiger partial charge < -0.3 is 14.3 Å². The highest BCUT2D eigenvalue weighted by atomic mass is 16.5. The Bertz CT molecular complexity index is 824. The van der Waals surface area contributed by atoms with E-state index in [1.54, 1.807) is 19.1 Å². The van der Waals surface area contributed by atoms with E-state index in [1.165, 1.54) is 12.1 Å². The molecule has 0 fully saturated rings. The van der Waals surface area contributed by atoms with E-state index in [9.17, 15) is 9.90 Å². The molecule has 1 heterocycles. The molecule has 0 unspecified atom stereocenters. The zero-order valence-electron chi connectivity index (χ0n) is 12.5. The minimum atomic E-state index is -0.605. The van der Waals surface area contributed by atoms with Crippen molar-refractivity contribution in [3.63, 3.8) is 0 Å². The van der Waals surface area contributed by atoms with Crippen LogP contribution in [0.15, 0.2) is 59.0 Å². The summed E-state index contributed by atoms with van der Waals surface area (Å²) in [4.78, 5) is 16.3. The van der Waals surface area contributed by atoms with Gasteiger partial charge in [0.05, 0.1) is 0 Å². The van der Waals surface area contributed by atoms with Crippen molar-refractivity contribution in [2.24, 2.45) is 0 Å². The second kappa shape index (κ2) is 6.36. The first-order chi connectivity index (χ1) is 11.1. The molecule has 0 saturated carbocycles. The number of aryl methyl sites for hydroxylation is 1. The third kappa shape index (κ3) is 3.23. The first kappa shape index (κ1) is 14.8. The standard InChI is InChI=1S/C18H15NO4/c1-12-15(19-17(23-12)13-7-3-2-4-8-13)11-22-18(21)14-9-5-6-10-16(14)20/h2-10,20H,11H2,1H3. The van der Waals surface area contributed by atoms with E-state index in [4.69, 9.17) is 9.15 Å². The first-order valence-corrected chi connectivity index (χ1v) is 7.12. The van der Waals surface area contributed by atoms with E-state index in [1.807, 2.05) is 30.3 Å². The number of phenolic OH excluding ortho intramolecular Hbond substituents is 1. The lowest BCUT2D eigenvalue weighted by atomic mass is 10.2. The van der Waals surface area contributed by atoms with Gasteiger partial charge in [-0.3, -0.25) is 0 Å². The van der Waals surface area contributed by atoms with E-state index in [0.717, 1.165) is 5.56 Å². The van der Waals surface area contributed by atoms with Crippen molar-refractivity contribution in [2.45, 2.75) is 13.5 Å². The Kier molecular flexibility index (Phi) is 4.10. The molecule has 5 nitrogen and oxygen atoms in total. The van der Waals surface area contributed by atoms with Gasteiger partial charge in [0, 0.05) is 5.56 Å². The van der Waals surface area contributed by atoms with Crippen LogP contribution in [0.3, 0.4) is 0 Å². The van der Waals surface area contributed by atoms with Gasteiger partial charge in [-0.1, -0.05) is 30.3 Å². The van der Waals surface area contributed by atoms with Crippen molar-refractivity contribution >= 4 is 5.97 Å². The van der Waals surface area contributed by atoms with Gasteiger partial charge in [-0.2, -0.15) is 0 Å². The molecule has 0 spiro atoms. The summed E-state index contributed by atoms with van der Waals surface area (Å²) in [5.41, 5.74) is 1.53. The fraction of sp³-hybridized carbons (Fsp3) is 0.111. The van der Waals surface area contributed by atoms with Gasteiger partial charge in [-0.15, -0.1) is 0 Å². The van der Waals surface area contributed by atoms with Crippen LogP contribution in [-0.4, -0.2) is 16.1 Å². The SMILES string of the molecule is Cc1oc(-c2ccccc2)nc1COC(=O)c1ccccc1O. The summed E-state index contributed by atoms with van der Waals surface area (Å²) in [5.74, 6) is 0.358. The minimum Gasteiger partial charge on any atom is -0.507 e. The number of hydrogen-bond donors (Lipinski definition) is 1. The second-order valence-electron chi connectivity index (χ2n) is 4.98. The Balaban J connectivity index is 1.73. The number of phenols is 1. The minimum absolute atomic E-state index is 0.0185. The van der Waals surface area contributed by atoms with E-state index in [2.05, 4.69) is 4.98 Å². The molecule has 0 saturated heterocycles. The molecule has 0 aliphatic heterocycles. The Morgan fingerprint density at radius 2 is 1.83 bits per heavy atom. The van der Waals surface area contributed by atoms with Crippen molar-refractivity contribution in [3.8, 4) is 17.2 Å². The predicted octanol–water partition coefficient (Wildman–Crippen LogP) is 3.71. The molecular formula is C18H15NO4. The number of rotatable bonds is 4. The molecule has 0 bridgehead atoms. The van der Waals surface area contributed by atoms with Gasteiger partial charge in [0.2, 0.25) is 5.89 Å². The summed E-state index contributed by atoms with van der Waals surface area (Å²) >= 11 is 0. The van der Waals surface area contributed by atoms with Crippen molar-refractivity contribution < 1.29 is 19.1 Å². The monoisotopic (exact) mass is 309 g/mol. The van der Waals surface area contributed by atoms with Crippen LogP contribution in [0, 0.1) is 6.92 Å². The van der Waals surface area contributed by atoms with Crippen molar-refractivity contribution in [1.82, 2.24) is 4.98 Å². The summed E-state index contributed by atoms with van der Waals surface area (Å²) in [7, 11) is 0. The predicted molar refractivity (Wildman–Crippen MR) is 83.9 cm³/mol. The highest BCUT2D eigenvalue weighted by Gasteiger charge is 2.16. The fourth-order valence-corrected chi connectivity index (χ4v) is 2.12. The molecule has 0 aliphatic rings. The van der Waals surface area contributed by atoms with Crippen LogP contribution in [0.4, 0.5) is 0 Å². The van der Waals surface area contributed by atoms with Gasteiger partial charge in [-0.25, -0.2) is 9.78 Å². The highest BCUT2D eigenvalue weighted by Crippen LogP contribution is 2.22. The van der Waals surface area contributed by atoms with Crippen LogP contribution in [0.25, 0.3) is 11.5 Å². The number of carbonyl (C=O) groups excluding carboxylic acids is 1. The summed E-state index contributed by atoms with van der Waals surface area (Å²) in [6.45, 7) is 1.75. The highest BCUT2D eigenvalue weighted by molar-refractivity contribution is 5.92. The Labute approximate surface area is 133 Å². The molecule has 0 atom stereocenters. The molecule has 1 N–H and O–H groups in total. The second-order valence-corrected chi connectivity index (χ2v) is 4.98. The number of para-hydroxylation sites is 1. The lowest BCUT2D eigenvalue weighted by molar-refractivity contribution is 0.0463. The number of oxazole rings is 1. The van der Waals surface area contributed by atoms with Crippen LogP contribution in [0.5, 0.6) is 5.75 Å². The smallest absolute Gasteiger partial charge is 0.342 e. The van der Waals surface area contributed by atoms with Crippen LogP contribution in [-0.2, 0) is 11.3 Å². The molecule has 23 heavy (non-hydrogen) atoms. The molecule has 0 radical (unpaired) electrons. The number of aromatic hydroxyl groups is 1. The number of hydrogen-bond acceptors (Lipinski definition) is 5. The maximum absolute atomic E-state index is 12.0. The molecule has 0 aliphatic carbocycles. The molecule has 116 valence electrons. The van der Waals surface area contributed by atoms with Gasteiger partial charge in [0.25, 0.3) is 0 Å². The van der Waals surface area contributed by atoms with Crippen LogP contribution in [0.2, 0.25) is 0 Å². The third-order valence-corrected chi connectivity index (χ3v) is 3.38. The normalized spacial score (nSPS) is 10.5. The summed E-state index contributed by atoms with van der Waals surface area (Å²) in [6, 6.07) is 15.7. The Hall–Kier alpha value is -3.08. The zero-order chi connectivity index (χ0) is 16.2. The fourth-order valence-electron chi connectivity index (χ4n) is 2.12. The Morgan fingerprint density at radius 1 is 1.13 bits per heavy atom. The average Bonchev–Trinajstić information content (AvgIpc) is 2.95. The van der Waals surface area contributed by atoms with Crippen molar-refractivity contribution in [3.05, 3.63) is 71.6 Å². The van der Waals surface area contributed by atoms with E-state index in [0.29, 0.717) is 17.3 Å². The number of aromatic nitrogens is 1. The van der Waals surface area contributed by atoms with Gasteiger partial charge in [-0.05, 0) is 31.2 Å². The van der Waals surface area contributed by atoms with E-state index >= 15 is 0 Å². The van der Waals surface area contributed by atoms with Crippen molar-refractivity contribution in [1.29, 1.82) is 0 Å². The number of esters is 1. The number of benzene rings is 2. The molecule has 2 aromatic carbocycles. The third-order valence-electron chi connectivity index (χ3n) is 3.38. The molecule has 1 aromatic heterocycles. The quantitative estimate of drug-likeness (QED) is 0.744. The summed E-state index contributed by atoms with van der Waals surface area (Å²) < 4.78 is 10.8. The molecule has 5 heteroatoms. The number of nitrogens with zero attached hydrogens (tertiary/aromatic N) is 1. The van der Waals surface area contributed by atoms with Gasteiger partial charge in [0.1, 0.15) is 29.4 Å². The van der Waals surface area contributed by atoms with Crippen molar-refractivity contribution in [2.75, 3.05) is 0 Å². The largest absolute Gasteiger partial charge is 0.507 e. The maximum atomic E-state index is 12.0. The number of carbonyl (C=O) groups is 1. The molecular weight excluding hydrogens is 294 g/mol. The topological polar surface area (TPSA) is 72.6 Å². The van der Waals surface area contributed by atoms with Crippen LogP contribution >= 0.6 is 0 Å². The molecule has 3 aromatic rings. The lowest BCUT2D eigenvalue weighted by Gasteiger charge is -2.04. The number of ether oxygens (including phenoxy) is 1. The van der Waals surface area contributed by atoms with Gasteiger partial charge >= 0.3 is 5.97 Å². The van der Waals surface area contributed by atoms with E-state index < -0.39 is 5.97 Å². The lowest BCUT2D eigenvalue weighted by Crippen LogP contribution is -2.06. The van der Waals surface area contributed by atoms with E-state index in [-0.39, 0.29) is 17.9 Å². The van der Waals surface area contributed by atoms with Crippen LogP contribution in [0.1, 0.15) is 21.8 Å². The van der Waals surface area contributed by atoms with Crippen LogP contribution < -0.4 is 0 Å². The molecule has 3 rings (SSSR count). The average molecular weight is 309 g/mol. The molecule has 0 amide bonds.